The predicted octanol–water partition coefficient (Wildman–Crippen LogP) is 21.1. The van der Waals surface area contributed by atoms with Crippen LogP contribution >= 0.6 is 11.3 Å². The Hall–Kier alpha value is -12.8. The Morgan fingerprint density at radius 1 is 0.420 bits per heavy atom. The molecule has 2 heterocycles. The van der Waals surface area contributed by atoms with Crippen LogP contribution in [0.3, 0.4) is 0 Å². The average Bonchev–Trinajstić information content (AvgIpc) is 1.52. The number of para-hydroxylation sites is 2. The number of aliphatic carboxylic acids is 5. The number of halogens is 3. The largest absolute Gasteiger partial charge is 0.487 e. The summed E-state index contributed by atoms with van der Waals surface area (Å²) in [6, 6.07) is 60.2. The van der Waals surface area contributed by atoms with Crippen molar-refractivity contribution in [1.29, 1.82) is 0 Å². The maximum absolute atomic E-state index is 12.3. The molecule has 0 aliphatic carbocycles. The smallest absolute Gasteiger partial charge is 0.416 e. The molecule has 5 unspecified atom stereocenters. The maximum Gasteiger partial charge on any atom is 0.416 e. The van der Waals surface area contributed by atoms with Gasteiger partial charge in [0.25, 0.3) is 0 Å². The van der Waals surface area contributed by atoms with Crippen molar-refractivity contribution in [1.82, 2.24) is 9.97 Å². The summed E-state index contributed by atoms with van der Waals surface area (Å²) in [7, 11) is 0. The lowest BCUT2D eigenvalue weighted by Crippen LogP contribution is -2.26. The molecule has 10 rings (SSSR count). The lowest BCUT2D eigenvalue weighted by molar-refractivity contribution is -0.146. The van der Waals surface area contributed by atoms with E-state index in [0.29, 0.717) is 98.9 Å². The summed E-state index contributed by atoms with van der Waals surface area (Å²) in [5, 5.41) is 49.7. The molecule has 5 N–H and O–H groups in total. The van der Waals surface area contributed by atoms with Crippen LogP contribution in [0.2, 0.25) is 0 Å². The summed E-state index contributed by atoms with van der Waals surface area (Å²) in [6.45, 7) is 24.3. The molecule has 0 radical (unpaired) electrons. The number of allylic oxidation sites excluding steroid dienone is 5. The zero-order chi connectivity index (χ0) is 81.4. The third-order valence-electron chi connectivity index (χ3n) is 16.1. The van der Waals surface area contributed by atoms with Gasteiger partial charge in [-0.1, -0.05) is 115 Å². The molecule has 23 heteroatoms. The molecule has 19 nitrogen and oxygen atoms in total. The van der Waals surface area contributed by atoms with E-state index in [1.165, 1.54) is 16.7 Å². The van der Waals surface area contributed by atoms with Crippen molar-refractivity contribution in [2.45, 2.75) is 128 Å². The number of thiazole rings is 1. The van der Waals surface area contributed by atoms with Crippen molar-refractivity contribution in [3.8, 4) is 68.4 Å². The minimum Gasteiger partial charge on any atom is -0.487 e. The average molecular weight is 1550 g/mol. The molecule has 2 aromatic heterocycles. The maximum atomic E-state index is 12.3. The van der Waals surface area contributed by atoms with E-state index >= 15 is 0 Å². The quantitative estimate of drug-likeness (QED) is 0.0226. The number of aryl methyl sites for hydroxylation is 3. The van der Waals surface area contributed by atoms with E-state index in [0.717, 1.165) is 68.4 Å². The molecule has 0 aliphatic heterocycles. The molecular weight excluding hydrogens is 1460 g/mol. The van der Waals surface area contributed by atoms with Crippen LogP contribution < -0.4 is 33.2 Å². The Kier molecular flexibility index (Phi) is 36.6. The fraction of sp³-hybridized carbons (Fsp3) is 0.225. The van der Waals surface area contributed by atoms with Crippen LogP contribution in [0.15, 0.2) is 275 Å². The third kappa shape index (κ3) is 31.1. The zero-order valence-corrected chi connectivity index (χ0v) is 63.2. The summed E-state index contributed by atoms with van der Waals surface area (Å²) < 4.78 is 75.7. The van der Waals surface area contributed by atoms with E-state index in [9.17, 15) is 47.4 Å². The first kappa shape index (κ1) is 88.1. The van der Waals surface area contributed by atoms with Crippen LogP contribution in [0.4, 0.5) is 13.2 Å². The number of carboxylic acid groups (broad SMARTS) is 5. The van der Waals surface area contributed by atoms with Crippen molar-refractivity contribution in [3.05, 3.63) is 302 Å². The van der Waals surface area contributed by atoms with Crippen molar-refractivity contribution >= 4 is 52.1 Å². The van der Waals surface area contributed by atoms with Gasteiger partial charge in [0.05, 0.1) is 27.5 Å². The molecule has 0 saturated carbocycles. The second-order valence-corrected chi connectivity index (χ2v) is 25.9. The van der Waals surface area contributed by atoms with Crippen molar-refractivity contribution in [3.63, 3.8) is 0 Å². The van der Waals surface area contributed by atoms with Gasteiger partial charge < -0.3 is 58.7 Å². The van der Waals surface area contributed by atoms with Gasteiger partial charge in [0, 0.05) is 22.4 Å². The van der Waals surface area contributed by atoms with E-state index in [-0.39, 0.29) is 12.2 Å². The monoisotopic (exact) mass is 1550 g/mol. The molecule has 112 heavy (non-hydrogen) atoms. The Morgan fingerprint density at radius 2 is 0.812 bits per heavy atom. The summed E-state index contributed by atoms with van der Waals surface area (Å²) >= 11 is 1.60. The summed E-state index contributed by atoms with van der Waals surface area (Å²) in [5.41, 5.74) is 7.53. The normalized spacial score (nSPS) is 11.9. The number of fused-ring (bicyclic) bond motifs is 1. The van der Waals surface area contributed by atoms with E-state index in [1.807, 2.05) is 115 Å². The molecular formula is C89H91F3N2O17S. The van der Waals surface area contributed by atoms with Gasteiger partial charge in [-0.25, -0.2) is 33.9 Å². The van der Waals surface area contributed by atoms with Crippen LogP contribution in [0.1, 0.15) is 91.6 Å². The SMILES string of the molecule is C=CCCC(Oc1ccc(-c2cc(C)ccc2C)cc1)C(=O)O.C=CCCC(Oc1ccc(-c2csc(C)n2)cc1)C(=O)O.C=CCCC(Oc1ccc(C(F)(F)F)cc1)C(=O)O.C=CCCC(Oc1ccc(Oc2ccccc2)cc1)C(=O)O.C=CCCC(Oc1cccc(OCc2ccc3ccccc3n2)c1)C(=O)O. The van der Waals surface area contributed by atoms with E-state index in [4.69, 9.17) is 48.5 Å². The Balaban J connectivity index is 0.000000219. The molecule has 0 bridgehead atoms. The van der Waals surface area contributed by atoms with Crippen LogP contribution in [0.25, 0.3) is 33.3 Å². The van der Waals surface area contributed by atoms with E-state index in [2.05, 4.69) is 74.9 Å². The predicted molar refractivity (Wildman–Crippen MR) is 428 cm³/mol. The topological polar surface area (TPSA) is 277 Å². The highest BCUT2D eigenvalue weighted by atomic mass is 32.1. The lowest BCUT2D eigenvalue weighted by atomic mass is 9.98. The number of benzene rings is 8. The molecule has 10 aromatic rings. The third-order valence-corrected chi connectivity index (χ3v) is 16.9. The number of carboxylic acids is 5. The molecule has 0 aliphatic rings. The van der Waals surface area contributed by atoms with Crippen LogP contribution in [-0.4, -0.2) is 95.9 Å². The second-order valence-electron chi connectivity index (χ2n) is 24.8. The molecule has 586 valence electrons. The minimum absolute atomic E-state index is 0.0875. The fourth-order valence-corrected chi connectivity index (χ4v) is 10.8. The van der Waals surface area contributed by atoms with Crippen molar-refractivity contribution in [2.75, 3.05) is 0 Å². The number of ether oxygens (including phenoxy) is 7. The minimum atomic E-state index is -4.42. The van der Waals surface area contributed by atoms with Gasteiger partial charge in [0.2, 0.25) is 0 Å². The van der Waals surface area contributed by atoms with Crippen LogP contribution in [0.5, 0.6) is 46.0 Å². The van der Waals surface area contributed by atoms with Gasteiger partial charge in [-0.2, -0.15) is 13.2 Å². The molecule has 0 amide bonds. The molecule has 0 saturated heterocycles. The number of hydrogen-bond acceptors (Lipinski definition) is 15. The highest BCUT2D eigenvalue weighted by molar-refractivity contribution is 7.09. The standard InChI is InChI=1S/C22H21NO4.C20H22O3.C18H18O4.C16H17NO3S.C13H13F3O3/c1-2-3-11-21(22(24)25)27-19-9-6-8-18(14-19)26-15-17-13-12-16-7-4-5-10-20(16)23-17;1-4-5-6-19(20(21)22)23-17-11-9-16(10-12-17)18-13-14(2)7-8-15(18)3;1-2-3-9-17(18(19)20)22-16-12-10-15(11-13-16)21-14-7-5-4-6-8-14;1-3-4-5-15(16(18)19)20-13-8-6-12(7-9-13)14-10-21-11(2)17-14;1-2-3-4-11(12(17)18)19-10-7-5-9(6-8-10)13(14,15)16/h2,4-10,12-14,21H,1,3,11,15H2,(H,24,25);4,7-13,19H,1,5-6H2,2-3H3,(H,21,22);2,4-8,10-13,17H,1,3,9H2,(H,19,20);3,6-10,15H,1,4-5H2,2H3,(H,18,19);2,5-8,11H,1,3-4H2,(H,17,18). The number of hydrogen-bond donors (Lipinski definition) is 5. The van der Waals surface area contributed by atoms with Gasteiger partial charge in [-0.15, -0.1) is 44.2 Å². The van der Waals surface area contributed by atoms with E-state index < -0.39 is 72.1 Å². The first-order valence-corrected chi connectivity index (χ1v) is 36.5. The fourth-order valence-electron chi connectivity index (χ4n) is 10.2. The number of aromatic nitrogens is 2. The molecule has 5 atom stereocenters. The summed E-state index contributed by atoms with van der Waals surface area (Å²) in [4.78, 5) is 64.7. The highest BCUT2D eigenvalue weighted by Gasteiger charge is 2.31. The Labute approximate surface area is 653 Å². The number of alkyl halides is 3. The number of pyridine rings is 1. The Morgan fingerprint density at radius 3 is 1.25 bits per heavy atom. The van der Waals surface area contributed by atoms with Crippen molar-refractivity contribution < 1.29 is 95.8 Å². The van der Waals surface area contributed by atoms with Crippen molar-refractivity contribution in [2.24, 2.45) is 0 Å². The first-order valence-electron chi connectivity index (χ1n) is 35.6. The molecule has 0 spiro atoms. The van der Waals surface area contributed by atoms with Crippen LogP contribution in [0, 0.1) is 20.8 Å². The summed E-state index contributed by atoms with van der Waals surface area (Å²) in [5.74, 6) is -0.912. The number of rotatable bonds is 37. The molecule has 8 aromatic carbocycles. The van der Waals surface area contributed by atoms with Gasteiger partial charge in [-0.3, -0.25) is 0 Å². The highest BCUT2D eigenvalue weighted by Crippen LogP contribution is 2.33. The van der Waals surface area contributed by atoms with Gasteiger partial charge in [0.1, 0.15) is 52.6 Å². The number of carbonyl (C=O) groups is 5. The zero-order valence-electron chi connectivity index (χ0n) is 62.4. The van der Waals surface area contributed by atoms with Gasteiger partial charge >= 0.3 is 36.0 Å². The summed E-state index contributed by atoms with van der Waals surface area (Å²) in [6.07, 6.45) is 3.87. The second kappa shape index (κ2) is 46.6. The van der Waals surface area contributed by atoms with Gasteiger partial charge in [0.15, 0.2) is 30.5 Å². The Bertz CT molecular complexity index is 4650. The van der Waals surface area contributed by atoms with Gasteiger partial charge in [-0.05, 0) is 223 Å². The molecule has 0 fully saturated rings. The number of nitrogens with zero attached hydrogens (tertiary/aromatic N) is 2. The lowest BCUT2D eigenvalue weighted by Gasteiger charge is -2.15. The first-order chi connectivity index (χ1) is 53.8. The van der Waals surface area contributed by atoms with E-state index in [1.54, 1.807) is 102 Å². The van der Waals surface area contributed by atoms with Crippen LogP contribution in [-0.2, 0) is 36.8 Å².